The number of nitro benzene ring substituents is 1. The first-order valence-electron chi connectivity index (χ1n) is 5.59. The van der Waals surface area contributed by atoms with E-state index >= 15 is 0 Å². The summed E-state index contributed by atoms with van der Waals surface area (Å²) >= 11 is 15.4. The fourth-order valence-electron chi connectivity index (χ4n) is 1.71. The van der Waals surface area contributed by atoms with Gasteiger partial charge < -0.3 is 5.32 Å². The predicted octanol–water partition coefficient (Wildman–Crippen LogP) is 5.28. The molecular formula is C13H9BrCl2N2O2. The molecule has 0 aliphatic carbocycles. The van der Waals surface area contributed by atoms with Gasteiger partial charge in [-0.05, 0) is 24.3 Å². The Morgan fingerprint density at radius 1 is 1.20 bits per heavy atom. The predicted molar refractivity (Wildman–Crippen MR) is 84.6 cm³/mol. The van der Waals surface area contributed by atoms with Crippen LogP contribution in [0.25, 0.3) is 0 Å². The van der Waals surface area contributed by atoms with E-state index in [-0.39, 0.29) is 12.2 Å². The minimum absolute atomic E-state index is 0.0175. The number of halogens is 3. The number of anilines is 1. The number of hydrogen-bond acceptors (Lipinski definition) is 3. The van der Waals surface area contributed by atoms with Crippen LogP contribution in [0.1, 0.15) is 5.56 Å². The number of benzene rings is 2. The minimum Gasteiger partial charge on any atom is -0.379 e. The van der Waals surface area contributed by atoms with Gasteiger partial charge in [-0.3, -0.25) is 10.1 Å². The zero-order valence-corrected chi connectivity index (χ0v) is 13.2. The molecule has 0 fully saturated rings. The third-order valence-corrected chi connectivity index (χ3v) is 3.85. The van der Waals surface area contributed by atoms with Gasteiger partial charge in [-0.1, -0.05) is 45.2 Å². The summed E-state index contributed by atoms with van der Waals surface area (Å²) < 4.78 is 0.859. The van der Waals surface area contributed by atoms with Crippen molar-refractivity contribution in [3.05, 3.63) is 66.6 Å². The molecule has 0 amide bonds. The second-order valence-corrected chi connectivity index (χ2v) is 5.70. The Morgan fingerprint density at radius 3 is 2.65 bits per heavy atom. The van der Waals surface area contributed by atoms with E-state index in [2.05, 4.69) is 21.2 Å². The number of nitrogens with one attached hydrogen (secondary N) is 1. The number of hydrogen-bond donors (Lipinski definition) is 1. The minimum atomic E-state index is -0.453. The Bertz CT molecular complexity index is 665. The van der Waals surface area contributed by atoms with E-state index in [9.17, 15) is 10.1 Å². The molecule has 0 saturated carbocycles. The standard InChI is InChI=1S/C13H9BrCl2N2O2/c14-8-4-5-11(16)12(6-8)17-7-9-10(15)2-1-3-13(9)18(19)20/h1-6,17H,7H2. The van der Waals surface area contributed by atoms with Gasteiger partial charge >= 0.3 is 0 Å². The van der Waals surface area contributed by atoms with Crippen molar-refractivity contribution >= 4 is 50.5 Å². The van der Waals surface area contributed by atoms with Crippen molar-refractivity contribution in [2.45, 2.75) is 6.54 Å². The summed E-state index contributed by atoms with van der Waals surface area (Å²) in [6, 6.07) is 9.93. The Balaban J connectivity index is 2.27. The zero-order valence-electron chi connectivity index (χ0n) is 10.1. The molecule has 0 saturated heterocycles. The molecular weight excluding hydrogens is 367 g/mol. The molecule has 20 heavy (non-hydrogen) atoms. The van der Waals surface area contributed by atoms with Crippen LogP contribution < -0.4 is 5.32 Å². The maximum atomic E-state index is 11.0. The van der Waals surface area contributed by atoms with Crippen molar-refractivity contribution < 1.29 is 4.92 Å². The lowest BCUT2D eigenvalue weighted by Crippen LogP contribution is -2.04. The summed E-state index contributed by atoms with van der Waals surface area (Å²) in [5.41, 5.74) is 1.08. The molecule has 0 spiro atoms. The maximum absolute atomic E-state index is 11.0. The normalized spacial score (nSPS) is 10.3. The van der Waals surface area contributed by atoms with E-state index in [4.69, 9.17) is 23.2 Å². The highest BCUT2D eigenvalue weighted by molar-refractivity contribution is 9.10. The third-order valence-electron chi connectivity index (χ3n) is 2.67. The van der Waals surface area contributed by atoms with E-state index in [0.717, 1.165) is 4.47 Å². The summed E-state index contributed by atoms with van der Waals surface area (Å²) in [7, 11) is 0. The molecule has 7 heteroatoms. The van der Waals surface area contributed by atoms with Crippen LogP contribution in [0, 0.1) is 10.1 Å². The van der Waals surface area contributed by atoms with Gasteiger partial charge in [0.25, 0.3) is 5.69 Å². The van der Waals surface area contributed by atoms with Crippen LogP contribution in [0.2, 0.25) is 10.0 Å². The van der Waals surface area contributed by atoms with E-state index < -0.39 is 4.92 Å². The van der Waals surface area contributed by atoms with Crippen molar-refractivity contribution in [2.24, 2.45) is 0 Å². The fraction of sp³-hybridized carbons (Fsp3) is 0.0769. The average molecular weight is 376 g/mol. The SMILES string of the molecule is O=[N+]([O-])c1cccc(Cl)c1CNc1cc(Br)ccc1Cl. The summed E-state index contributed by atoms with van der Waals surface area (Å²) in [4.78, 5) is 10.5. The highest BCUT2D eigenvalue weighted by Crippen LogP contribution is 2.30. The van der Waals surface area contributed by atoms with Gasteiger partial charge in [-0.15, -0.1) is 0 Å². The van der Waals surface area contributed by atoms with Gasteiger partial charge in [-0.2, -0.15) is 0 Å². The first-order valence-corrected chi connectivity index (χ1v) is 7.14. The number of nitro groups is 1. The van der Waals surface area contributed by atoms with Gasteiger partial charge in [0.15, 0.2) is 0 Å². The quantitative estimate of drug-likeness (QED) is 0.584. The van der Waals surface area contributed by atoms with Gasteiger partial charge in [-0.25, -0.2) is 0 Å². The lowest BCUT2D eigenvalue weighted by Gasteiger charge is -2.10. The highest BCUT2D eigenvalue weighted by atomic mass is 79.9. The Kier molecular flexibility index (Phi) is 4.86. The van der Waals surface area contributed by atoms with Crippen LogP contribution >= 0.6 is 39.1 Å². The molecule has 0 heterocycles. The molecule has 0 aliphatic rings. The maximum Gasteiger partial charge on any atom is 0.275 e. The molecule has 1 N–H and O–H groups in total. The van der Waals surface area contributed by atoms with Crippen LogP contribution in [0.5, 0.6) is 0 Å². The van der Waals surface area contributed by atoms with E-state index in [1.54, 1.807) is 24.3 Å². The van der Waals surface area contributed by atoms with Crippen molar-refractivity contribution in [1.82, 2.24) is 0 Å². The second-order valence-electron chi connectivity index (χ2n) is 3.97. The van der Waals surface area contributed by atoms with Gasteiger partial charge in [0.2, 0.25) is 0 Å². The highest BCUT2D eigenvalue weighted by Gasteiger charge is 2.16. The van der Waals surface area contributed by atoms with Crippen LogP contribution in [-0.2, 0) is 6.54 Å². The molecule has 0 aliphatic heterocycles. The monoisotopic (exact) mass is 374 g/mol. The van der Waals surface area contributed by atoms with Gasteiger partial charge in [0.05, 0.1) is 26.2 Å². The van der Waals surface area contributed by atoms with Gasteiger partial charge in [0.1, 0.15) is 0 Å². The molecule has 0 radical (unpaired) electrons. The largest absolute Gasteiger partial charge is 0.379 e. The summed E-state index contributed by atoms with van der Waals surface area (Å²) in [5.74, 6) is 0. The summed E-state index contributed by atoms with van der Waals surface area (Å²) in [6.45, 7) is 0.214. The molecule has 0 atom stereocenters. The Labute approximate surface area is 134 Å². The molecule has 0 unspecified atom stereocenters. The lowest BCUT2D eigenvalue weighted by molar-refractivity contribution is -0.385. The molecule has 104 valence electrons. The zero-order chi connectivity index (χ0) is 14.7. The fourth-order valence-corrected chi connectivity index (χ4v) is 2.49. The van der Waals surface area contributed by atoms with Crippen LogP contribution in [0.15, 0.2) is 40.9 Å². The van der Waals surface area contributed by atoms with Gasteiger partial charge in [0, 0.05) is 17.1 Å². The van der Waals surface area contributed by atoms with E-state index in [0.29, 0.717) is 21.3 Å². The molecule has 4 nitrogen and oxygen atoms in total. The van der Waals surface area contributed by atoms with Crippen LogP contribution in [0.4, 0.5) is 11.4 Å². The van der Waals surface area contributed by atoms with Crippen LogP contribution in [-0.4, -0.2) is 4.92 Å². The molecule has 2 rings (SSSR count). The van der Waals surface area contributed by atoms with Crippen LogP contribution in [0.3, 0.4) is 0 Å². The summed E-state index contributed by atoms with van der Waals surface area (Å²) in [5, 5.41) is 14.9. The lowest BCUT2D eigenvalue weighted by atomic mass is 10.1. The van der Waals surface area contributed by atoms with Crippen molar-refractivity contribution in [3.63, 3.8) is 0 Å². The Hall–Kier alpha value is -1.30. The second kappa shape index (κ2) is 6.43. The molecule has 0 aromatic heterocycles. The molecule has 2 aromatic rings. The van der Waals surface area contributed by atoms with Crippen molar-refractivity contribution in [2.75, 3.05) is 5.32 Å². The number of rotatable bonds is 4. The van der Waals surface area contributed by atoms with E-state index in [1.807, 2.05) is 6.07 Å². The summed E-state index contributed by atoms with van der Waals surface area (Å²) in [6.07, 6.45) is 0. The topological polar surface area (TPSA) is 55.2 Å². The molecule has 2 aromatic carbocycles. The number of nitrogens with zero attached hydrogens (tertiary/aromatic N) is 1. The smallest absolute Gasteiger partial charge is 0.275 e. The molecule has 0 bridgehead atoms. The first kappa shape index (κ1) is 15.1. The first-order chi connectivity index (χ1) is 9.49. The average Bonchev–Trinajstić information content (AvgIpc) is 2.40. The van der Waals surface area contributed by atoms with Crippen molar-refractivity contribution in [3.8, 4) is 0 Å². The Morgan fingerprint density at radius 2 is 1.95 bits per heavy atom. The third kappa shape index (κ3) is 3.42. The van der Waals surface area contributed by atoms with Crippen molar-refractivity contribution in [1.29, 1.82) is 0 Å². The van der Waals surface area contributed by atoms with E-state index in [1.165, 1.54) is 6.07 Å².